The highest BCUT2D eigenvalue weighted by Gasteiger charge is 2.17. The smallest absolute Gasteiger partial charge is 0.0991 e. The molecule has 0 atom stereocenters. The molecule has 6 aromatic carbocycles. The van der Waals surface area contributed by atoms with E-state index in [1.807, 2.05) is 42.5 Å². The number of fused-ring (bicyclic) bond motifs is 3. The van der Waals surface area contributed by atoms with Crippen LogP contribution >= 0.6 is 0 Å². The van der Waals surface area contributed by atoms with Gasteiger partial charge in [0.2, 0.25) is 0 Å². The fourth-order valence-corrected chi connectivity index (χ4v) is 5.80. The summed E-state index contributed by atoms with van der Waals surface area (Å²) in [6, 6.07) is 51.6. The summed E-state index contributed by atoms with van der Waals surface area (Å²) in [7, 11) is 0. The molecular formula is C40H24N4. The summed E-state index contributed by atoms with van der Waals surface area (Å²) in [6.45, 7) is 0. The van der Waals surface area contributed by atoms with E-state index in [2.05, 4.69) is 103 Å². The standard InChI is InChI=1S/C40H24N4/c41-25-26-8-7-13-33(20-26)39-40(44-36-15-6-5-14-35(36)43-39)34-23-37(31-18-16-27-9-1-3-11-29(27)21-31)42-38(24-34)32-19-17-28-10-2-4-12-30(28)22-32/h1-24H. The molecule has 2 heterocycles. The van der Waals surface area contributed by atoms with Crippen molar-refractivity contribution in [3.8, 4) is 51.1 Å². The van der Waals surface area contributed by atoms with E-state index in [4.69, 9.17) is 15.0 Å². The lowest BCUT2D eigenvalue weighted by Gasteiger charge is -2.14. The topological polar surface area (TPSA) is 62.5 Å². The van der Waals surface area contributed by atoms with Gasteiger partial charge in [0.15, 0.2) is 0 Å². The second-order valence-corrected chi connectivity index (χ2v) is 10.9. The molecule has 0 bridgehead atoms. The summed E-state index contributed by atoms with van der Waals surface area (Å²) in [5, 5.41) is 14.3. The Kier molecular flexibility index (Phi) is 6.14. The molecule has 4 heteroatoms. The molecule has 4 nitrogen and oxygen atoms in total. The molecule has 0 saturated heterocycles. The largest absolute Gasteiger partial charge is 0.248 e. The van der Waals surface area contributed by atoms with Crippen LogP contribution in [0.3, 0.4) is 0 Å². The molecule has 0 N–H and O–H groups in total. The molecule has 204 valence electrons. The van der Waals surface area contributed by atoms with Gasteiger partial charge in [-0.25, -0.2) is 15.0 Å². The van der Waals surface area contributed by atoms with Gasteiger partial charge in [0, 0.05) is 22.3 Å². The number of nitriles is 1. The Hall–Kier alpha value is -6.18. The van der Waals surface area contributed by atoms with Gasteiger partial charge in [-0.05, 0) is 70.1 Å². The lowest BCUT2D eigenvalue weighted by molar-refractivity contribution is 1.27. The minimum atomic E-state index is 0.576. The van der Waals surface area contributed by atoms with Crippen LogP contribution in [0.2, 0.25) is 0 Å². The third kappa shape index (κ3) is 4.63. The first-order valence-corrected chi connectivity index (χ1v) is 14.5. The molecule has 0 fully saturated rings. The predicted octanol–water partition coefficient (Wildman–Crippen LogP) is 9.87. The number of aromatic nitrogens is 3. The minimum Gasteiger partial charge on any atom is -0.248 e. The summed E-state index contributed by atoms with van der Waals surface area (Å²) in [4.78, 5) is 15.5. The molecule has 8 rings (SSSR count). The number of hydrogen-bond donors (Lipinski definition) is 0. The van der Waals surface area contributed by atoms with Crippen molar-refractivity contribution in [1.82, 2.24) is 15.0 Å². The third-order valence-electron chi connectivity index (χ3n) is 8.02. The first-order valence-electron chi connectivity index (χ1n) is 14.5. The Balaban J connectivity index is 1.41. The maximum absolute atomic E-state index is 9.65. The van der Waals surface area contributed by atoms with Crippen LogP contribution in [0.15, 0.2) is 146 Å². The Bertz CT molecular complexity index is 2320. The average molecular weight is 561 g/mol. The molecule has 8 aromatic rings. The Morgan fingerprint density at radius 2 is 0.909 bits per heavy atom. The molecule has 2 aromatic heterocycles. The third-order valence-corrected chi connectivity index (χ3v) is 8.02. The van der Waals surface area contributed by atoms with Crippen molar-refractivity contribution in [2.45, 2.75) is 0 Å². The lowest BCUT2D eigenvalue weighted by atomic mass is 9.97. The van der Waals surface area contributed by atoms with Gasteiger partial charge in [-0.15, -0.1) is 0 Å². The fraction of sp³-hybridized carbons (Fsp3) is 0. The summed E-state index contributed by atoms with van der Waals surface area (Å²) in [6.07, 6.45) is 0. The van der Waals surface area contributed by atoms with E-state index in [-0.39, 0.29) is 0 Å². The zero-order chi connectivity index (χ0) is 29.5. The Morgan fingerprint density at radius 3 is 1.48 bits per heavy atom. The van der Waals surface area contributed by atoms with Crippen molar-refractivity contribution in [2.24, 2.45) is 0 Å². The van der Waals surface area contributed by atoms with Crippen molar-refractivity contribution in [3.05, 3.63) is 151 Å². The number of hydrogen-bond acceptors (Lipinski definition) is 4. The van der Waals surface area contributed by atoms with E-state index in [0.717, 1.165) is 66.8 Å². The van der Waals surface area contributed by atoms with Crippen LogP contribution in [0.4, 0.5) is 0 Å². The summed E-state index contributed by atoms with van der Waals surface area (Å²) >= 11 is 0. The molecule has 0 aliphatic carbocycles. The normalized spacial score (nSPS) is 11.2. The minimum absolute atomic E-state index is 0.576. The highest BCUT2D eigenvalue weighted by atomic mass is 14.8. The van der Waals surface area contributed by atoms with Gasteiger partial charge in [0.1, 0.15) is 0 Å². The van der Waals surface area contributed by atoms with E-state index in [9.17, 15) is 5.26 Å². The van der Waals surface area contributed by atoms with Crippen LogP contribution in [0.25, 0.3) is 77.6 Å². The van der Waals surface area contributed by atoms with Gasteiger partial charge in [-0.2, -0.15) is 5.26 Å². The van der Waals surface area contributed by atoms with E-state index in [1.165, 1.54) is 10.8 Å². The number of para-hydroxylation sites is 2. The Labute approximate surface area is 254 Å². The summed E-state index contributed by atoms with van der Waals surface area (Å²) in [5.41, 5.74) is 9.13. The number of pyridine rings is 1. The molecule has 0 saturated carbocycles. The van der Waals surface area contributed by atoms with Crippen molar-refractivity contribution in [3.63, 3.8) is 0 Å². The molecule has 0 aliphatic rings. The van der Waals surface area contributed by atoms with Crippen LogP contribution in [-0.2, 0) is 0 Å². The van der Waals surface area contributed by atoms with Crippen molar-refractivity contribution in [2.75, 3.05) is 0 Å². The highest BCUT2D eigenvalue weighted by molar-refractivity contribution is 5.92. The van der Waals surface area contributed by atoms with Crippen molar-refractivity contribution in [1.29, 1.82) is 5.26 Å². The summed E-state index contributed by atoms with van der Waals surface area (Å²) in [5.74, 6) is 0. The van der Waals surface area contributed by atoms with Crippen LogP contribution in [0, 0.1) is 11.3 Å². The number of nitrogens with zero attached hydrogens (tertiary/aromatic N) is 4. The average Bonchev–Trinajstić information content (AvgIpc) is 3.10. The maximum Gasteiger partial charge on any atom is 0.0991 e. The number of benzene rings is 6. The van der Waals surface area contributed by atoms with Gasteiger partial charge >= 0.3 is 0 Å². The zero-order valence-electron chi connectivity index (χ0n) is 23.6. The van der Waals surface area contributed by atoms with Gasteiger partial charge < -0.3 is 0 Å². The van der Waals surface area contributed by atoms with Gasteiger partial charge in [-0.1, -0.05) is 97.1 Å². The molecule has 0 aliphatic heterocycles. The van der Waals surface area contributed by atoms with Crippen LogP contribution in [0.1, 0.15) is 5.56 Å². The molecule has 0 unspecified atom stereocenters. The van der Waals surface area contributed by atoms with E-state index >= 15 is 0 Å². The first-order chi connectivity index (χ1) is 21.7. The maximum atomic E-state index is 9.65. The molecule has 0 amide bonds. The van der Waals surface area contributed by atoms with Gasteiger partial charge in [-0.3, -0.25) is 0 Å². The van der Waals surface area contributed by atoms with Crippen LogP contribution in [-0.4, -0.2) is 15.0 Å². The van der Waals surface area contributed by atoms with Gasteiger partial charge in [0.25, 0.3) is 0 Å². The lowest BCUT2D eigenvalue weighted by Crippen LogP contribution is -1.98. The molecule has 0 spiro atoms. The first kappa shape index (κ1) is 25.5. The second kappa shape index (κ2) is 10.6. The van der Waals surface area contributed by atoms with Crippen LogP contribution < -0.4 is 0 Å². The molecule has 0 radical (unpaired) electrons. The predicted molar refractivity (Wildman–Crippen MR) is 179 cm³/mol. The van der Waals surface area contributed by atoms with E-state index in [0.29, 0.717) is 5.56 Å². The fourth-order valence-electron chi connectivity index (χ4n) is 5.80. The molecule has 44 heavy (non-hydrogen) atoms. The number of rotatable bonds is 4. The van der Waals surface area contributed by atoms with Crippen LogP contribution in [0.5, 0.6) is 0 Å². The summed E-state index contributed by atoms with van der Waals surface area (Å²) < 4.78 is 0. The SMILES string of the molecule is N#Cc1cccc(-c2nc3ccccc3nc2-c2cc(-c3ccc4ccccc4c3)nc(-c3ccc4ccccc4c3)c2)c1. The van der Waals surface area contributed by atoms with E-state index in [1.54, 1.807) is 6.07 Å². The quantitative estimate of drug-likeness (QED) is 0.215. The second-order valence-electron chi connectivity index (χ2n) is 10.9. The van der Waals surface area contributed by atoms with Crippen molar-refractivity contribution < 1.29 is 0 Å². The zero-order valence-corrected chi connectivity index (χ0v) is 23.6. The monoisotopic (exact) mass is 560 g/mol. The Morgan fingerprint density at radius 1 is 0.386 bits per heavy atom. The van der Waals surface area contributed by atoms with E-state index < -0.39 is 0 Å². The van der Waals surface area contributed by atoms with Gasteiger partial charge in [0.05, 0.1) is 45.4 Å². The molecular weight excluding hydrogens is 536 g/mol. The van der Waals surface area contributed by atoms with Crippen molar-refractivity contribution >= 4 is 32.6 Å². The highest BCUT2D eigenvalue weighted by Crippen LogP contribution is 2.36.